The van der Waals surface area contributed by atoms with Gasteiger partial charge in [0, 0.05) is 11.3 Å². The minimum atomic E-state index is -1.18. The zero-order valence-electron chi connectivity index (χ0n) is 6.25. The zero-order chi connectivity index (χ0) is 8.97. The highest BCUT2D eigenvalue weighted by atomic mass is 19.1. The highest BCUT2D eigenvalue weighted by Crippen LogP contribution is 2.15. The Labute approximate surface area is 68.8 Å². The van der Waals surface area contributed by atoms with Gasteiger partial charge in [0.1, 0.15) is 6.67 Å². The van der Waals surface area contributed by atoms with Crippen LogP contribution in [-0.2, 0) is 6.67 Å². The van der Waals surface area contributed by atoms with Gasteiger partial charge in [0.25, 0.3) is 0 Å². The standard InChI is InChI=1S/C8H8FNO2/c9-5-6-3-1-2-4-7(6)10-8(11)12/h1-4,10H,5H2,(H,11,12). The molecule has 4 heteroatoms. The van der Waals surface area contributed by atoms with Crippen LogP contribution in [-0.4, -0.2) is 11.2 Å². The molecule has 12 heavy (non-hydrogen) atoms. The summed E-state index contributed by atoms with van der Waals surface area (Å²) in [5.74, 6) is 0. The van der Waals surface area contributed by atoms with Gasteiger partial charge in [-0.1, -0.05) is 18.2 Å². The Morgan fingerprint density at radius 1 is 1.50 bits per heavy atom. The Balaban J connectivity index is 2.89. The first-order valence-electron chi connectivity index (χ1n) is 3.38. The fourth-order valence-electron chi connectivity index (χ4n) is 0.874. The summed E-state index contributed by atoms with van der Waals surface area (Å²) in [4.78, 5) is 10.2. The molecule has 1 rings (SSSR count). The third-order valence-corrected chi connectivity index (χ3v) is 1.40. The summed E-state index contributed by atoms with van der Waals surface area (Å²) in [6.45, 7) is -0.670. The molecule has 0 aliphatic carbocycles. The largest absolute Gasteiger partial charge is 0.465 e. The molecule has 0 aliphatic heterocycles. The topological polar surface area (TPSA) is 49.3 Å². The molecule has 0 saturated carbocycles. The molecule has 0 radical (unpaired) electrons. The van der Waals surface area contributed by atoms with Crippen molar-refractivity contribution in [1.29, 1.82) is 0 Å². The van der Waals surface area contributed by atoms with Crippen molar-refractivity contribution in [2.24, 2.45) is 0 Å². The summed E-state index contributed by atoms with van der Waals surface area (Å²) in [7, 11) is 0. The number of hydrogen-bond acceptors (Lipinski definition) is 1. The van der Waals surface area contributed by atoms with Gasteiger partial charge in [-0.3, -0.25) is 5.32 Å². The van der Waals surface area contributed by atoms with Crippen LogP contribution in [0.3, 0.4) is 0 Å². The highest BCUT2D eigenvalue weighted by Gasteiger charge is 2.02. The Kier molecular flexibility index (Phi) is 2.63. The lowest BCUT2D eigenvalue weighted by Gasteiger charge is -2.04. The molecule has 0 spiro atoms. The van der Waals surface area contributed by atoms with E-state index in [0.717, 1.165) is 0 Å². The SMILES string of the molecule is O=C(O)Nc1ccccc1CF. The molecule has 0 unspecified atom stereocenters. The van der Waals surface area contributed by atoms with Gasteiger partial charge >= 0.3 is 6.09 Å². The molecule has 0 bridgehead atoms. The van der Waals surface area contributed by atoms with Crippen LogP contribution in [0, 0.1) is 0 Å². The van der Waals surface area contributed by atoms with Crippen LogP contribution in [0.25, 0.3) is 0 Å². The van der Waals surface area contributed by atoms with E-state index in [-0.39, 0.29) is 0 Å². The normalized spacial score (nSPS) is 9.42. The lowest BCUT2D eigenvalue weighted by molar-refractivity contribution is 0.209. The predicted octanol–water partition coefficient (Wildman–Crippen LogP) is 2.25. The van der Waals surface area contributed by atoms with Crippen molar-refractivity contribution in [3.8, 4) is 0 Å². The zero-order valence-corrected chi connectivity index (χ0v) is 6.25. The van der Waals surface area contributed by atoms with E-state index in [1.54, 1.807) is 12.1 Å². The van der Waals surface area contributed by atoms with E-state index in [1.807, 2.05) is 0 Å². The molecule has 1 aromatic rings. The number of amides is 1. The average molecular weight is 169 g/mol. The van der Waals surface area contributed by atoms with Crippen LogP contribution >= 0.6 is 0 Å². The number of rotatable bonds is 2. The molecule has 0 atom stereocenters. The molecule has 0 aromatic heterocycles. The maximum absolute atomic E-state index is 12.2. The highest BCUT2D eigenvalue weighted by molar-refractivity contribution is 5.83. The van der Waals surface area contributed by atoms with Crippen LogP contribution in [0.15, 0.2) is 24.3 Å². The maximum atomic E-state index is 12.2. The van der Waals surface area contributed by atoms with Crippen molar-refractivity contribution in [3.05, 3.63) is 29.8 Å². The van der Waals surface area contributed by atoms with Crippen LogP contribution in [0.5, 0.6) is 0 Å². The number of anilines is 1. The summed E-state index contributed by atoms with van der Waals surface area (Å²) in [6.07, 6.45) is -1.18. The maximum Gasteiger partial charge on any atom is 0.409 e. The molecule has 1 amide bonds. The summed E-state index contributed by atoms with van der Waals surface area (Å²) in [5, 5.41) is 10.5. The first kappa shape index (κ1) is 8.52. The number of benzene rings is 1. The molecule has 3 nitrogen and oxygen atoms in total. The van der Waals surface area contributed by atoms with Gasteiger partial charge in [-0.05, 0) is 6.07 Å². The van der Waals surface area contributed by atoms with Crippen LogP contribution in [0.1, 0.15) is 5.56 Å². The minimum absolute atomic E-state index is 0.299. The molecular formula is C8H8FNO2. The number of carboxylic acid groups (broad SMARTS) is 1. The van der Waals surface area contributed by atoms with E-state index in [1.165, 1.54) is 12.1 Å². The average Bonchev–Trinajstić information content (AvgIpc) is 2.04. The molecule has 1 aromatic carbocycles. The van der Waals surface area contributed by atoms with Crippen molar-refractivity contribution < 1.29 is 14.3 Å². The van der Waals surface area contributed by atoms with Gasteiger partial charge in [0.2, 0.25) is 0 Å². The fourth-order valence-corrected chi connectivity index (χ4v) is 0.874. The van der Waals surface area contributed by atoms with E-state index < -0.39 is 12.8 Å². The Morgan fingerprint density at radius 2 is 2.17 bits per heavy atom. The van der Waals surface area contributed by atoms with Crippen molar-refractivity contribution in [1.82, 2.24) is 0 Å². The predicted molar refractivity (Wildman–Crippen MR) is 42.9 cm³/mol. The van der Waals surface area contributed by atoms with Gasteiger partial charge in [-0.25, -0.2) is 9.18 Å². The molecule has 2 N–H and O–H groups in total. The molecule has 0 heterocycles. The number of hydrogen-bond donors (Lipinski definition) is 2. The lowest BCUT2D eigenvalue weighted by Crippen LogP contribution is -2.08. The minimum Gasteiger partial charge on any atom is -0.465 e. The van der Waals surface area contributed by atoms with Gasteiger partial charge in [-0.2, -0.15) is 0 Å². The second-order valence-electron chi connectivity index (χ2n) is 2.22. The van der Waals surface area contributed by atoms with E-state index in [9.17, 15) is 9.18 Å². The first-order valence-corrected chi connectivity index (χ1v) is 3.38. The second-order valence-corrected chi connectivity index (χ2v) is 2.22. The van der Waals surface area contributed by atoms with Crippen molar-refractivity contribution in [3.63, 3.8) is 0 Å². The van der Waals surface area contributed by atoms with E-state index in [2.05, 4.69) is 5.32 Å². The van der Waals surface area contributed by atoms with Gasteiger partial charge < -0.3 is 5.11 Å². The third kappa shape index (κ3) is 1.95. The monoisotopic (exact) mass is 169 g/mol. The number of carbonyl (C=O) groups is 1. The molecular weight excluding hydrogens is 161 g/mol. The van der Waals surface area contributed by atoms with Crippen molar-refractivity contribution in [2.45, 2.75) is 6.67 Å². The molecule has 0 aliphatic rings. The summed E-state index contributed by atoms with van der Waals surface area (Å²) < 4.78 is 12.2. The number of alkyl halides is 1. The van der Waals surface area contributed by atoms with Crippen molar-refractivity contribution in [2.75, 3.05) is 5.32 Å². The molecule has 0 fully saturated rings. The second kappa shape index (κ2) is 3.71. The van der Waals surface area contributed by atoms with Crippen LogP contribution in [0.4, 0.5) is 14.9 Å². The van der Waals surface area contributed by atoms with E-state index in [0.29, 0.717) is 11.3 Å². The number of para-hydroxylation sites is 1. The fraction of sp³-hybridized carbons (Fsp3) is 0.125. The van der Waals surface area contributed by atoms with Gasteiger partial charge in [0.15, 0.2) is 0 Å². The van der Waals surface area contributed by atoms with Gasteiger partial charge in [-0.15, -0.1) is 0 Å². The number of nitrogens with one attached hydrogen (secondary N) is 1. The van der Waals surface area contributed by atoms with Gasteiger partial charge in [0.05, 0.1) is 0 Å². The summed E-state index contributed by atoms with van der Waals surface area (Å²) >= 11 is 0. The number of halogens is 1. The molecule has 0 saturated heterocycles. The van der Waals surface area contributed by atoms with E-state index >= 15 is 0 Å². The first-order chi connectivity index (χ1) is 5.74. The molecule has 64 valence electrons. The summed E-state index contributed by atoms with van der Waals surface area (Å²) in [5.41, 5.74) is 0.646. The van der Waals surface area contributed by atoms with Crippen LogP contribution < -0.4 is 5.32 Å². The summed E-state index contributed by atoms with van der Waals surface area (Å²) in [6, 6.07) is 6.35. The van der Waals surface area contributed by atoms with Crippen molar-refractivity contribution >= 4 is 11.8 Å². The third-order valence-electron chi connectivity index (χ3n) is 1.40. The Hall–Kier alpha value is -1.58. The Morgan fingerprint density at radius 3 is 2.75 bits per heavy atom. The quantitative estimate of drug-likeness (QED) is 0.713. The van der Waals surface area contributed by atoms with Crippen LogP contribution in [0.2, 0.25) is 0 Å². The smallest absolute Gasteiger partial charge is 0.409 e. The Bertz CT molecular complexity index is 288. The van der Waals surface area contributed by atoms with E-state index in [4.69, 9.17) is 5.11 Å². The lowest BCUT2D eigenvalue weighted by atomic mass is 10.2.